The van der Waals surface area contributed by atoms with Crippen LogP contribution in [-0.2, 0) is 17.9 Å². The molecule has 0 aliphatic rings. The van der Waals surface area contributed by atoms with Gasteiger partial charge in [0.2, 0.25) is 0 Å². The number of hydrogen-bond donors (Lipinski definition) is 1. The number of hydrogen-bond acceptors (Lipinski definition) is 6. The molecule has 9 heteroatoms. The molecule has 0 saturated carbocycles. The average Bonchev–Trinajstić information content (AvgIpc) is 3.15. The van der Waals surface area contributed by atoms with Crippen molar-refractivity contribution in [1.29, 1.82) is 0 Å². The predicted molar refractivity (Wildman–Crippen MR) is 118 cm³/mol. The Balaban J connectivity index is 1.61. The van der Waals surface area contributed by atoms with Crippen molar-refractivity contribution in [3.8, 4) is 5.75 Å². The fourth-order valence-electron chi connectivity index (χ4n) is 2.54. The highest BCUT2D eigenvalue weighted by Gasteiger charge is 2.20. The first kappa shape index (κ1) is 22.2. The molecular formula is C22H22FN5O2S. The van der Waals surface area contributed by atoms with Crippen LogP contribution < -0.4 is 10.2 Å². The van der Waals surface area contributed by atoms with Crippen molar-refractivity contribution in [1.82, 2.24) is 20.2 Å². The highest BCUT2D eigenvalue weighted by Crippen LogP contribution is 2.23. The van der Waals surface area contributed by atoms with Gasteiger partial charge in [0, 0.05) is 12.1 Å². The third-order valence-corrected chi connectivity index (χ3v) is 5.23. The molecule has 160 valence electrons. The molecule has 0 aliphatic carbocycles. The third-order valence-electron chi connectivity index (χ3n) is 4.15. The topological polar surface area (TPSA) is 81.4 Å². The number of benzene rings is 2. The molecule has 0 radical (unpaired) electrons. The first-order valence-corrected chi connectivity index (χ1v) is 10.4. The quantitative estimate of drug-likeness (QED) is 0.225. The zero-order valence-electron chi connectivity index (χ0n) is 16.9. The number of carbonyl (C=O) groups excluding carboxylic acids is 1. The Hall–Kier alpha value is -3.46. The summed E-state index contributed by atoms with van der Waals surface area (Å²) in [7, 11) is 0. The van der Waals surface area contributed by atoms with Crippen molar-refractivity contribution in [2.45, 2.75) is 30.5 Å². The molecule has 1 N–H and O–H groups in total. The maximum atomic E-state index is 13.6. The van der Waals surface area contributed by atoms with Gasteiger partial charge in [-0.3, -0.25) is 9.36 Å². The van der Waals surface area contributed by atoms with Crippen molar-refractivity contribution in [3.05, 3.63) is 84.5 Å². The molecule has 0 unspecified atom stereocenters. The summed E-state index contributed by atoms with van der Waals surface area (Å²) >= 11 is 1.24. The van der Waals surface area contributed by atoms with Gasteiger partial charge in [0.05, 0.1) is 11.5 Å². The molecule has 1 aromatic heterocycles. The Bertz CT molecular complexity index is 1060. The van der Waals surface area contributed by atoms with Crippen molar-refractivity contribution < 1.29 is 13.9 Å². The highest BCUT2D eigenvalue weighted by molar-refractivity contribution is 8.00. The summed E-state index contributed by atoms with van der Waals surface area (Å²) in [6.07, 6.45) is 2.99. The lowest BCUT2D eigenvalue weighted by atomic mass is 10.2. The maximum Gasteiger partial charge on any atom is 0.253 e. The minimum absolute atomic E-state index is 0.235. The first-order chi connectivity index (χ1) is 15.1. The zero-order chi connectivity index (χ0) is 22.1. The van der Waals surface area contributed by atoms with Crippen LogP contribution in [0, 0.1) is 5.82 Å². The fourth-order valence-corrected chi connectivity index (χ4v) is 3.41. The van der Waals surface area contributed by atoms with Gasteiger partial charge in [0.25, 0.3) is 5.91 Å². The van der Waals surface area contributed by atoms with E-state index in [-0.39, 0.29) is 18.1 Å². The summed E-state index contributed by atoms with van der Waals surface area (Å²) in [5.74, 6) is 0.597. The molecule has 0 spiro atoms. The van der Waals surface area contributed by atoms with Crippen molar-refractivity contribution in [2.75, 3.05) is 0 Å². The Kier molecular flexibility index (Phi) is 7.94. The second kappa shape index (κ2) is 11.1. The van der Waals surface area contributed by atoms with Gasteiger partial charge in [0.1, 0.15) is 18.2 Å². The van der Waals surface area contributed by atoms with E-state index in [1.807, 2.05) is 34.9 Å². The molecule has 1 atom stereocenters. The number of hydrazone groups is 1. The largest absolute Gasteiger partial charge is 0.486 e. The fraction of sp³-hybridized carbons (Fsp3) is 0.182. The van der Waals surface area contributed by atoms with Crippen LogP contribution in [0.25, 0.3) is 0 Å². The lowest BCUT2D eigenvalue weighted by Crippen LogP contribution is -2.27. The van der Waals surface area contributed by atoms with Crippen LogP contribution in [-0.4, -0.2) is 32.1 Å². The van der Waals surface area contributed by atoms with Crippen LogP contribution in [0.5, 0.6) is 5.75 Å². The van der Waals surface area contributed by atoms with Gasteiger partial charge < -0.3 is 4.74 Å². The number of thioether (sulfide) groups is 1. The Morgan fingerprint density at radius 2 is 2.00 bits per heavy atom. The van der Waals surface area contributed by atoms with Crippen LogP contribution in [0.2, 0.25) is 0 Å². The van der Waals surface area contributed by atoms with Crippen molar-refractivity contribution in [3.63, 3.8) is 0 Å². The number of rotatable bonds is 10. The molecule has 1 heterocycles. The molecule has 0 aliphatic heterocycles. The molecule has 0 fully saturated rings. The van der Waals surface area contributed by atoms with Gasteiger partial charge in [-0.25, -0.2) is 9.82 Å². The number of amides is 1. The zero-order valence-corrected chi connectivity index (χ0v) is 17.8. The number of ether oxygens (including phenoxy) is 1. The number of aromatic nitrogens is 3. The number of halogens is 1. The van der Waals surface area contributed by atoms with Gasteiger partial charge in [-0.05, 0) is 25.1 Å². The maximum absolute atomic E-state index is 13.6. The molecule has 0 bridgehead atoms. The SMILES string of the molecule is C=CCn1c(COc2ccccc2)nnc1S[C@@H](C)C(=O)NN=Cc1ccccc1F. The van der Waals surface area contributed by atoms with E-state index in [4.69, 9.17) is 4.74 Å². The molecule has 0 saturated heterocycles. The number of para-hydroxylation sites is 1. The van der Waals surface area contributed by atoms with Gasteiger partial charge in [-0.1, -0.05) is 54.2 Å². The number of carbonyl (C=O) groups is 1. The molecule has 31 heavy (non-hydrogen) atoms. The van der Waals surface area contributed by atoms with Crippen LogP contribution in [0.4, 0.5) is 4.39 Å². The van der Waals surface area contributed by atoms with E-state index >= 15 is 0 Å². The summed E-state index contributed by atoms with van der Waals surface area (Å²) in [6, 6.07) is 15.6. The number of nitrogens with zero attached hydrogens (tertiary/aromatic N) is 4. The van der Waals surface area contributed by atoms with E-state index in [0.29, 0.717) is 17.5 Å². The smallest absolute Gasteiger partial charge is 0.253 e. The lowest BCUT2D eigenvalue weighted by molar-refractivity contribution is -0.120. The molecular weight excluding hydrogens is 417 g/mol. The summed E-state index contributed by atoms with van der Waals surface area (Å²) in [5.41, 5.74) is 2.71. The third kappa shape index (κ3) is 6.26. The Morgan fingerprint density at radius 3 is 2.74 bits per heavy atom. The van der Waals surface area contributed by atoms with E-state index in [0.717, 1.165) is 5.75 Å². The second-order valence-electron chi connectivity index (χ2n) is 6.42. The predicted octanol–water partition coefficient (Wildman–Crippen LogP) is 3.81. The molecule has 3 rings (SSSR count). The van der Waals surface area contributed by atoms with Gasteiger partial charge >= 0.3 is 0 Å². The Morgan fingerprint density at radius 1 is 1.26 bits per heavy atom. The normalized spacial score (nSPS) is 11.9. The van der Waals surface area contributed by atoms with E-state index in [1.54, 1.807) is 31.2 Å². The van der Waals surface area contributed by atoms with Crippen molar-refractivity contribution >= 4 is 23.9 Å². The summed E-state index contributed by atoms with van der Waals surface area (Å²) in [5, 5.41) is 12.3. The van der Waals surface area contributed by atoms with E-state index < -0.39 is 11.1 Å². The van der Waals surface area contributed by atoms with Gasteiger partial charge in [0.15, 0.2) is 11.0 Å². The molecule has 3 aromatic rings. The van der Waals surface area contributed by atoms with E-state index in [9.17, 15) is 9.18 Å². The molecule has 1 amide bonds. The van der Waals surface area contributed by atoms with Crippen molar-refractivity contribution in [2.24, 2.45) is 5.10 Å². The van der Waals surface area contributed by atoms with Crippen LogP contribution in [0.3, 0.4) is 0 Å². The summed E-state index contributed by atoms with van der Waals surface area (Å²) in [6.45, 7) is 6.21. The second-order valence-corrected chi connectivity index (χ2v) is 7.72. The monoisotopic (exact) mass is 439 g/mol. The number of nitrogens with one attached hydrogen (secondary N) is 1. The lowest BCUT2D eigenvalue weighted by Gasteiger charge is -2.11. The standard InChI is InChI=1S/C22H22FN5O2S/c1-3-13-28-20(15-30-18-10-5-4-6-11-18)25-27-22(28)31-16(2)21(29)26-24-14-17-9-7-8-12-19(17)23/h3-12,14,16H,1,13,15H2,2H3,(H,26,29)/t16-/m0/s1. The Labute approximate surface area is 184 Å². The number of allylic oxidation sites excluding steroid dienone is 1. The van der Waals surface area contributed by atoms with E-state index in [1.165, 1.54) is 24.0 Å². The highest BCUT2D eigenvalue weighted by atomic mass is 32.2. The minimum Gasteiger partial charge on any atom is -0.486 e. The van der Waals surface area contributed by atoms with Crippen LogP contribution >= 0.6 is 11.8 Å². The average molecular weight is 440 g/mol. The van der Waals surface area contributed by atoms with Gasteiger partial charge in [-0.15, -0.1) is 16.8 Å². The summed E-state index contributed by atoms with van der Waals surface area (Å²) in [4.78, 5) is 12.4. The molecule has 7 nitrogen and oxygen atoms in total. The van der Waals surface area contributed by atoms with E-state index in [2.05, 4.69) is 27.3 Å². The van der Waals surface area contributed by atoms with Crippen LogP contribution in [0.15, 0.2) is 77.5 Å². The van der Waals surface area contributed by atoms with Gasteiger partial charge in [-0.2, -0.15) is 5.10 Å². The first-order valence-electron chi connectivity index (χ1n) is 9.53. The molecule has 2 aromatic carbocycles. The minimum atomic E-state index is -0.506. The summed E-state index contributed by atoms with van der Waals surface area (Å²) < 4.78 is 21.2. The van der Waals surface area contributed by atoms with Crippen LogP contribution in [0.1, 0.15) is 18.3 Å².